The van der Waals surface area contributed by atoms with Crippen molar-refractivity contribution < 1.29 is 17.9 Å². The average molecular weight is 433 g/mol. The number of hydrogen-bond donors (Lipinski definition) is 1. The molecule has 3 aromatic rings. The number of benzene rings is 2. The van der Waals surface area contributed by atoms with Gasteiger partial charge in [-0.25, -0.2) is 8.42 Å². The van der Waals surface area contributed by atoms with Crippen molar-refractivity contribution in [2.75, 3.05) is 12.4 Å². The van der Waals surface area contributed by atoms with Crippen molar-refractivity contribution in [3.05, 3.63) is 66.2 Å². The summed E-state index contributed by atoms with van der Waals surface area (Å²) in [5.41, 5.74) is 0.850. The highest BCUT2D eigenvalue weighted by molar-refractivity contribution is 7.91. The molecule has 1 atom stereocenters. The van der Waals surface area contributed by atoms with Gasteiger partial charge in [0.25, 0.3) is 15.9 Å². The van der Waals surface area contributed by atoms with Gasteiger partial charge in [-0.2, -0.15) is 4.31 Å². The molecule has 0 spiro atoms. The molecule has 0 aliphatic rings. The fourth-order valence-electron chi connectivity index (χ4n) is 2.39. The number of para-hydroxylation sites is 1. The average Bonchev–Trinajstić information content (AvgIpc) is 3.18. The zero-order valence-electron chi connectivity index (χ0n) is 15.8. The Kier molecular flexibility index (Phi) is 6.57. The van der Waals surface area contributed by atoms with Crippen LogP contribution in [0.15, 0.2) is 65.0 Å². The summed E-state index contributed by atoms with van der Waals surface area (Å²) in [4.78, 5) is 12.3. The van der Waals surface area contributed by atoms with Gasteiger partial charge in [0.05, 0.1) is 0 Å². The molecule has 0 radical (unpaired) electrons. The van der Waals surface area contributed by atoms with Crippen molar-refractivity contribution in [1.29, 1.82) is 0 Å². The Balaban J connectivity index is 1.64. The van der Waals surface area contributed by atoms with Gasteiger partial charge >= 0.3 is 0 Å². The van der Waals surface area contributed by atoms with Gasteiger partial charge in [0.1, 0.15) is 5.75 Å². The molecule has 3 rings (SSSR count). The highest BCUT2D eigenvalue weighted by Crippen LogP contribution is 2.24. The number of nitrogens with one attached hydrogen (secondary N) is 1. The molecular weight excluding hydrogens is 412 g/mol. The molecular formula is C19H20N4O4S2. The standard InChI is InChI=1S/C19H20N4O4S2/c1-14(27-16-11-7-4-8-12-16)17(24)20-18-21-22-19(28-18)29(25,26)23(2)13-15-9-5-3-6-10-15/h3-12,14H,13H2,1-2H3,(H,20,21,24)/t14-/m0/s1. The van der Waals surface area contributed by atoms with Gasteiger partial charge in [-0.3, -0.25) is 10.1 Å². The zero-order chi connectivity index (χ0) is 20.9. The van der Waals surface area contributed by atoms with E-state index in [0.29, 0.717) is 5.75 Å². The lowest BCUT2D eigenvalue weighted by Gasteiger charge is -2.15. The SMILES string of the molecule is C[C@H](Oc1ccccc1)C(=O)Nc1nnc(S(=O)(=O)N(C)Cc2ccccc2)s1. The fourth-order valence-corrected chi connectivity index (χ4v) is 4.64. The van der Waals surface area contributed by atoms with Crippen LogP contribution in [0.1, 0.15) is 12.5 Å². The molecule has 0 aliphatic carbocycles. The van der Waals surface area contributed by atoms with E-state index in [2.05, 4.69) is 15.5 Å². The van der Waals surface area contributed by atoms with E-state index < -0.39 is 22.0 Å². The summed E-state index contributed by atoms with van der Waals surface area (Å²) in [6.07, 6.45) is -0.790. The van der Waals surface area contributed by atoms with Gasteiger partial charge in [-0.15, -0.1) is 10.2 Å². The van der Waals surface area contributed by atoms with Crippen LogP contribution in [0.2, 0.25) is 0 Å². The van der Waals surface area contributed by atoms with Crippen LogP contribution in [0.3, 0.4) is 0 Å². The van der Waals surface area contributed by atoms with Crippen molar-refractivity contribution in [1.82, 2.24) is 14.5 Å². The minimum absolute atomic E-state index is 0.0881. The van der Waals surface area contributed by atoms with E-state index >= 15 is 0 Å². The number of rotatable bonds is 8. The lowest BCUT2D eigenvalue weighted by atomic mass is 10.2. The van der Waals surface area contributed by atoms with Gasteiger partial charge in [0, 0.05) is 13.6 Å². The molecule has 29 heavy (non-hydrogen) atoms. The maximum Gasteiger partial charge on any atom is 0.272 e. The van der Waals surface area contributed by atoms with Crippen LogP contribution in [0.5, 0.6) is 5.75 Å². The summed E-state index contributed by atoms with van der Waals surface area (Å²) in [5.74, 6) is 0.102. The van der Waals surface area contributed by atoms with Crippen LogP contribution in [-0.2, 0) is 21.4 Å². The van der Waals surface area contributed by atoms with Gasteiger partial charge in [-0.1, -0.05) is 59.9 Å². The topological polar surface area (TPSA) is 101 Å². The van der Waals surface area contributed by atoms with Crippen LogP contribution >= 0.6 is 11.3 Å². The van der Waals surface area contributed by atoms with E-state index in [1.54, 1.807) is 31.2 Å². The molecule has 2 aromatic carbocycles. The van der Waals surface area contributed by atoms with Crippen molar-refractivity contribution in [3.8, 4) is 5.75 Å². The lowest BCUT2D eigenvalue weighted by molar-refractivity contribution is -0.122. The smallest absolute Gasteiger partial charge is 0.272 e. The van der Waals surface area contributed by atoms with Gasteiger partial charge < -0.3 is 4.74 Å². The lowest BCUT2D eigenvalue weighted by Crippen LogP contribution is -2.30. The summed E-state index contributed by atoms with van der Waals surface area (Å²) < 4.78 is 32.0. The highest BCUT2D eigenvalue weighted by Gasteiger charge is 2.27. The van der Waals surface area contributed by atoms with Crippen LogP contribution < -0.4 is 10.1 Å². The minimum Gasteiger partial charge on any atom is -0.481 e. The number of ether oxygens (including phenoxy) is 1. The molecule has 0 bridgehead atoms. The van der Waals surface area contributed by atoms with Gasteiger partial charge in [0.15, 0.2) is 6.10 Å². The van der Waals surface area contributed by atoms with Crippen LogP contribution in [0.25, 0.3) is 0 Å². The Morgan fingerprint density at radius 2 is 1.72 bits per heavy atom. The van der Waals surface area contributed by atoms with Crippen molar-refractivity contribution in [2.45, 2.75) is 23.9 Å². The molecule has 0 unspecified atom stereocenters. The molecule has 0 saturated carbocycles. The number of aromatic nitrogens is 2. The first-order chi connectivity index (χ1) is 13.9. The van der Waals surface area contributed by atoms with Crippen molar-refractivity contribution >= 4 is 32.4 Å². The number of nitrogens with zero attached hydrogens (tertiary/aromatic N) is 3. The second-order valence-electron chi connectivity index (χ2n) is 6.18. The first kappa shape index (κ1) is 20.9. The molecule has 10 heteroatoms. The third-order valence-electron chi connectivity index (χ3n) is 3.94. The number of carbonyl (C=O) groups excluding carboxylic acids is 1. The summed E-state index contributed by atoms with van der Waals surface area (Å²) in [6, 6.07) is 18.1. The zero-order valence-corrected chi connectivity index (χ0v) is 17.5. The molecule has 1 amide bonds. The summed E-state index contributed by atoms with van der Waals surface area (Å²) in [6.45, 7) is 1.79. The second-order valence-corrected chi connectivity index (χ2v) is 9.38. The first-order valence-corrected chi connectivity index (χ1v) is 11.0. The maximum atomic E-state index is 12.7. The van der Waals surface area contributed by atoms with Gasteiger partial charge in [-0.05, 0) is 24.6 Å². The van der Waals surface area contributed by atoms with Crippen molar-refractivity contribution in [3.63, 3.8) is 0 Å². The largest absolute Gasteiger partial charge is 0.481 e. The monoisotopic (exact) mass is 432 g/mol. The molecule has 1 aromatic heterocycles. The molecule has 0 saturated heterocycles. The molecule has 0 aliphatic heterocycles. The van der Waals surface area contributed by atoms with E-state index in [9.17, 15) is 13.2 Å². The van der Waals surface area contributed by atoms with Crippen LogP contribution in [-0.4, -0.2) is 42.0 Å². The number of hydrogen-bond acceptors (Lipinski definition) is 7. The molecule has 1 heterocycles. The van der Waals surface area contributed by atoms with E-state index in [-0.39, 0.29) is 16.0 Å². The predicted octanol–water partition coefficient (Wildman–Crippen LogP) is 2.76. The number of carbonyl (C=O) groups is 1. The normalized spacial score (nSPS) is 12.5. The van der Waals surface area contributed by atoms with Crippen LogP contribution in [0.4, 0.5) is 5.13 Å². The number of anilines is 1. The maximum absolute atomic E-state index is 12.7. The quantitative estimate of drug-likeness (QED) is 0.549. The molecule has 8 nitrogen and oxygen atoms in total. The summed E-state index contributed by atoms with van der Waals surface area (Å²) >= 11 is 0.791. The molecule has 0 fully saturated rings. The van der Waals surface area contributed by atoms with Gasteiger partial charge in [0.2, 0.25) is 9.47 Å². The Hall–Kier alpha value is -2.82. The molecule has 1 N–H and O–H groups in total. The number of sulfonamides is 1. The van der Waals surface area contributed by atoms with Crippen LogP contribution in [0, 0.1) is 0 Å². The third kappa shape index (κ3) is 5.37. The van der Waals surface area contributed by atoms with E-state index in [1.165, 1.54) is 11.4 Å². The summed E-state index contributed by atoms with van der Waals surface area (Å²) in [7, 11) is -2.36. The molecule has 152 valence electrons. The van der Waals surface area contributed by atoms with Crippen molar-refractivity contribution in [2.24, 2.45) is 0 Å². The Labute approximate surface area is 173 Å². The van der Waals surface area contributed by atoms with E-state index in [4.69, 9.17) is 4.74 Å². The third-order valence-corrected chi connectivity index (χ3v) is 6.93. The fraction of sp³-hybridized carbons (Fsp3) is 0.211. The Morgan fingerprint density at radius 3 is 2.38 bits per heavy atom. The highest BCUT2D eigenvalue weighted by atomic mass is 32.2. The predicted molar refractivity (Wildman–Crippen MR) is 110 cm³/mol. The first-order valence-electron chi connectivity index (χ1n) is 8.72. The Morgan fingerprint density at radius 1 is 1.10 bits per heavy atom. The summed E-state index contributed by atoms with van der Waals surface area (Å²) in [5, 5.41) is 10.1. The van der Waals surface area contributed by atoms with E-state index in [1.807, 2.05) is 36.4 Å². The van der Waals surface area contributed by atoms with E-state index in [0.717, 1.165) is 16.9 Å². The number of amides is 1. The minimum atomic E-state index is -3.83. The Bertz CT molecular complexity index is 1060. The second kappa shape index (κ2) is 9.12.